The minimum atomic E-state index is 0.138. The predicted octanol–water partition coefficient (Wildman–Crippen LogP) is 2.36. The van der Waals surface area contributed by atoms with Crippen LogP contribution in [-0.2, 0) is 0 Å². The molecule has 1 aliphatic rings. The fourth-order valence-electron chi connectivity index (χ4n) is 1.64. The van der Waals surface area contributed by atoms with Crippen molar-refractivity contribution in [2.24, 2.45) is 11.3 Å². The first-order valence-corrected chi connectivity index (χ1v) is 4.35. The minimum Gasteiger partial charge on any atom is -0.396 e. The summed E-state index contributed by atoms with van der Waals surface area (Å²) in [5.41, 5.74) is 1.61. The van der Waals surface area contributed by atoms with E-state index in [1.54, 1.807) is 0 Å². The summed E-state index contributed by atoms with van der Waals surface area (Å²) in [6.07, 6.45) is 4.45. The summed E-state index contributed by atoms with van der Waals surface area (Å²) in [5, 5.41) is 9.18. The highest BCUT2D eigenvalue weighted by Crippen LogP contribution is 2.39. The van der Waals surface area contributed by atoms with Gasteiger partial charge in [0.05, 0.1) is 0 Å². The molecule has 0 aromatic carbocycles. The molecule has 2 unspecified atom stereocenters. The molecule has 0 saturated heterocycles. The molecule has 0 aliphatic heterocycles. The molecule has 1 rings (SSSR count). The molecule has 0 amide bonds. The van der Waals surface area contributed by atoms with Crippen LogP contribution in [0.25, 0.3) is 0 Å². The van der Waals surface area contributed by atoms with E-state index in [1.165, 1.54) is 5.57 Å². The number of rotatable bonds is 1. The average Bonchev–Trinajstić information content (AvgIpc) is 1.98. The summed E-state index contributed by atoms with van der Waals surface area (Å²) in [6.45, 7) is 6.89. The number of hydrogen-bond donors (Lipinski definition) is 1. The molecule has 1 N–H and O–H groups in total. The van der Waals surface area contributed by atoms with Crippen molar-refractivity contribution in [3.05, 3.63) is 11.6 Å². The van der Waals surface area contributed by atoms with Crippen LogP contribution in [0.3, 0.4) is 0 Å². The molecule has 11 heavy (non-hydrogen) atoms. The maximum Gasteiger partial charge on any atom is 0.0490 e. The van der Waals surface area contributed by atoms with Crippen molar-refractivity contribution >= 4 is 0 Å². The van der Waals surface area contributed by atoms with E-state index >= 15 is 0 Å². The molecule has 0 heterocycles. The molecule has 0 aromatic rings. The van der Waals surface area contributed by atoms with Gasteiger partial charge in [0.25, 0.3) is 0 Å². The maximum atomic E-state index is 9.18. The zero-order valence-corrected chi connectivity index (χ0v) is 7.72. The summed E-state index contributed by atoms with van der Waals surface area (Å²) in [4.78, 5) is 0. The number of allylic oxidation sites excluding steroid dienone is 2. The number of aliphatic hydroxyl groups is 1. The number of hydrogen-bond acceptors (Lipinski definition) is 1. The van der Waals surface area contributed by atoms with Crippen LogP contribution in [0, 0.1) is 11.3 Å². The van der Waals surface area contributed by atoms with Gasteiger partial charge in [0, 0.05) is 6.61 Å². The topological polar surface area (TPSA) is 20.2 Å². The van der Waals surface area contributed by atoms with E-state index < -0.39 is 0 Å². The highest BCUT2D eigenvalue weighted by atomic mass is 16.3. The second-order valence-corrected chi connectivity index (χ2v) is 4.17. The maximum absolute atomic E-state index is 9.18. The lowest BCUT2D eigenvalue weighted by atomic mass is 9.70. The second kappa shape index (κ2) is 2.98. The molecule has 1 aliphatic carbocycles. The van der Waals surface area contributed by atoms with E-state index in [0.717, 1.165) is 12.8 Å². The van der Waals surface area contributed by atoms with Crippen molar-refractivity contribution < 1.29 is 5.11 Å². The van der Waals surface area contributed by atoms with Crippen LogP contribution in [0.2, 0.25) is 0 Å². The van der Waals surface area contributed by atoms with E-state index in [0.29, 0.717) is 12.5 Å². The predicted molar refractivity (Wildman–Crippen MR) is 47.3 cm³/mol. The van der Waals surface area contributed by atoms with E-state index in [2.05, 4.69) is 26.8 Å². The Kier molecular flexibility index (Phi) is 2.38. The van der Waals surface area contributed by atoms with Gasteiger partial charge >= 0.3 is 0 Å². The molecule has 0 spiro atoms. The van der Waals surface area contributed by atoms with Crippen LogP contribution in [0.1, 0.15) is 33.6 Å². The van der Waals surface area contributed by atoms with Gasteiger partial charge in [-0.3, -0.25) is 0 Å². The lowest BCUT2D eigenvalue weighted by Gasteiger charge is -2.36. The van der Waals surface area contributed by atoms with Crippen LogP contribution in [0.4, 0.5) is 0 Å². The highest BCUT2D eigenvalue weighted by molar-refractivity contribution is 5.08. The van der Waals surface area contributed by atoms with Crippen LogP contribution in [0.5, 0.6) is 0 Å². The molecule has 0 aromatic heterocycles. The van der Waals surface area contributed by atoms with Crippen molar-refractivity contribution in [1.82, 2.24) is 0 Å². The monoisotopic (exact) mass is 154 g/mol. The largest absolute Gasteiger partial charge is 0.396 e. The van der Waals surface area contributed by atoms with Crippen molar-refractivity contribution in [1.29, 1.82) is 0 Å². The van der Waals surface area contributed by atoms with E-state index in [4.69, 9.17) is 0 Å². The summed E-state index contributed by atoms with van der Waals surface area (Å²) in [6, 6.07) is 0. The smallest absolute Gasteiger partial charge is 0.0490 e. The normalized spacial score (nSPS) is 38.5. The molecule has 1 heteroatoms. The Labute approximate surface area is 69.1 Å². The Hall–Kier alpha value is -0.300. The minimum absolute atomic E-state index is 0.138. The standard InChI is InChI=1S/C10H18O/c1-8-4-5-10(3,7-11)9(2)6-8/h4,9,11H,5-7H2,1-3H3. The third-order valence-corrected chi connectivity index (χ3v) is 3.10. The van der Waals surface area contributed by atoms with Crippen molar-refractivity contribution in [2.45, 2.75) is 33.6 Å². The van der Waals surface area contributed by atoms with Gasteiger partial charge in [0.1, 0.15) is 0 Å². The summed E-state index contributed by atoms with van der Waals surface area (Å²) >= 11 is 0. The fraction of sp³-hybridized carbons (Fsp3) is 0.800. The van der Waals surface area contributed by atoms with E-state index in [-0.39, 0.29) is 5.41 Å². The van der Waals surface area contributed by atoms with Gasteiger partial charge in [-0.2, -0.15) is 0 Å². The van der Waals surface area contributed by atoms with Gasteiger partial charge in [0.2, 0.25) is 0 Å². The Morgan fingerprint density at radius 2 is 2.36 bits per heavy atom. The third-order valence-electron chi connectivity index (χ3n) is 3.10. The molecular formula is C10H18O. The molecule has 1 nitrogen and oxygen atoms in total. The Morgan fingerprint density at radius 1 is 1.73 bits per heavy atom. The van der Waals surface area contributed by atoms with Crippen molar-refractivity contribution in [3.63, 3.8) is 0 Å². The van der Waals surface area contributed by atoms with E-state index in [9.17, 15) is 5.11 Å². The lowest BCUT2D eigenvalue weighted by Crippen LogP contribution is -2.31. The SMILES string of the molecule is CC1=CCC(C)(CO)C(C)C1. The van der Waals surface area contributed by atoms with Gasteiger partial charge in [-0.05, 0) is 31.1 Å². The molecule has 0 radical (unpaired) electrons. The zero-order chi connectivity index (χ0) is 8.48. The fourth-order valence-corrected chi connectivity index (χ4v) is 1.64. The first-order chi connectivity index (χ1) is 5.08. The van der Waals surface area contributed by atoms with Crippen molar-refractivity contribution in [2.75, 3.05) is 6.61 Å². The molecule has 0 bridgehead atoms. The lowest BCUT2D eigenvalue weighted by molar-refractivity contribution is 0.0827. The second-order valence-electron chi connectivity index (χ2n) is 4.17. The van der Waals surface area contributed by atoms with Crippen molar-refractivity contribution in [3.8, 4) is 0 Å². The molecule has 2 atom stereocenters. The van der Waals surface area contributed by atoms with Gasteiger partial charge < -0.3 is 5.11 Å². The molecular weight excluding hydrogens is 136 g/mol. The van der Waals surface area contributed by atoms with Crippen LogP contribution in [0.15, 0.2) is 11.6 Å². The Morgan fingerprint density at radius 3 is 2.82 bits per heavy atom. The Balaban J connectivity index is 2.72. The van der Waals surface area contributed by atoms with Gasteiger partial charge in [-0.25, -0.2) is 0 Å². The van der Waals surface area contributed by atoms with Gasteiger partial charge in [0.15, 0.2) is 0 Å². The average molecular weight is 154 g/mol. The highest BCUT2D eigenvalue weighted by Gasteiger charge is 2.31. The Bertz CT molecular complexity index is 172. The first kappa shape index (κ1) is 8.79. The first-order valence-electron chi connectivity index (χ1n) is 4.35. The summed E-state index contributed by atoms with van der Waals surface area (Å²) < 4.78 is 0. The van der Waals surface area contributed by atoms with Crippen LogP contribution in [-0.4, -0.2) is 11.7 Å². The third kappa shape index (κ3) is 1.64. The quantitative estimate of drug-likeness (QED) is 0.575. The number of aliphatic hydroxyl groups excluding tert-OH is 1. The van der Waals surface area contributed by atoms with Gasteiger partial charge in [-0.15, -0.1) is 0 Å². The van der Waals surface area contributed by atoms with E-state index in [1.807, 2.05) is 0 Å². The summed E-state index contributed by atoms with van der Waals surface area (Å²) in [5.74, 6) is 0.623. The molecule has 64 valence electrons. The molecule has 0 saturated carbocycles. The van der Waals surface area contributed by atoms with Crippen LogP contribution < -0.4 is 0 Å². The van der Waals surface area contributed by atoms with Crippen LogP contribution >= 0.6 is 0 Å². The van der Waals surface area contributed by atoms with Gasteiger partial charge in [-0.1, -0.05) is 25.5 Å². The molecule has 0 fully saturated rings. The zero-order valence-electron chi connectivity index (χ0n) is 7.72. The summed E-state index contributed by atoms with van der Waals surface area (Å²) in [7, 11) is 0.